The number of hydrogen-bond acceptors (Lipinski definition) is 6. The average Bonchev–Trinajstić information content (AvgIpc) is 3.09. The van der Waals surface area contributed by atoms with E-state index in [2.05, 4.69) is 32.3 Å². The van der Waals surface area contributed by atoms with Crippen LogP contribution in [0.25, 0.3) is 0 Å². The van der Waals surface area contributed by atoms with Gasteiger partial charge in [0.1, 0.15) is 6.61 Å². The number of carbonyl (C=O) groups excluding carboxylic acids is 1. The van der Waals surface area contributed by atoms with Crippen molar-refractivity contribution in [1.29, 1.82) is 0 Å². The maximum Gasteiger partial charge on any atom is 0.338 e. The van der Waals surface area contributed by atoms with Gasteiger partial charge in [-0.05, 0) is 124 Å². The molecule has 4 aliphatic carbocycles. The van der Waals surface area contributed by atoms with Crippen LogP contribution < -0.4 is 5.73 Å². The number of likely N-dealkylation sites (N-methyl/N-ethyl adjacent to an activating group) is 1. The fourth-order valence-electron chi connectivity index (χ4n) is 9.12. The highest BCUT2D eigenvalue weighted by Gasteiger charge is 2.67. The number of aliphatic carboxylic acids is 1. The molecule has 7 nitrogen and oxygen atoms in total. The zero-order chi connectivity index (χ0) is 29.3. The first kappa shape index (κ1) is 30.6. The standard InChI is InChI=1S/C20H30O3.C13H20N2O2/c1-13-11-19-9-5-14-17(2,7-4-8-18(14,3)16(21)22)15(19)6-10-20(13,23)12-19;1-3-15(4-2)9-10-17-13(16)11-5-7-12(14)8-6-11/h14-15,23H,1,4-12H2,2-3H3,(H,21,22);5-8H,3-4,9-10,14H2,1-2H3/t14-,15-,17+,18+,19+,20-;/m0./s1. The van der Waals surface area contributed by atoms with E-state index < -0.39 is 17.0 Å². The maximum atomic E-state index is 12.0. The monoisotopic (exact) mass is 554 g/mol. The Kier molecular flexibility index (Phi) is 8.77. The molecule has 4 saturated carbocycles. The minimum absolute atomic E-state index is 0.107. The van der Waals surface area contributed by atoms with E-state index in [1.165, 1.54) is 0 Å². The maximum absolute atomic E-state index is 12.0. The number of ether oxygens (including phenoxy) is 1. The van der Waals surface area contributed by atoms with Gasteiger partial charge in [-0.15, -0.1) is 0 Å². The molecule has 1 spiro atoms. The number of hydrogen-bond donors (Lipinski definition) is 3. The molecule has 0 aliphatic heterocycles. The van der Waals surface area contributed by atoms with E-state index in [1.54, 1.807) is 24.3 Å². The number of nitrogens with zero attached hydrogens (tertiary/aromatic N) is 1. The van der Waals surface area contributed by atoms with Crippen molar-refractivity contribution in [3.05, 3.63) is 42.0 Å². The number of aliphatic hydroxyl groups is 1. The zero-order valence-electron chi connectivity index (χ0n) is 25.0. The molecular weight excluding hydrogens is 504 g/mol. The third-order valence-corrected chi connectivity index (χ3v) is 11.3. The van der Waals surface area contributed by atoms with Crippen molar-refractivity contribution in [3.63, 3.8) is 0 Å². The number of carboxylic acid groups (broad SMARTS) is 1. The Morgan fingerprint density at radius 1 is 1.05 bits per heavy atom. The summed E-state index contributed by atoms with van der Waals surface area (Å²) in [5, 5.41) is 20.8. The molecule has 4 fully saturated rings. The summed E-state index contributed by atoms with van der Waals surface area (Å²) in [4.78, 5) is 25.9. The van der Waals surface area contributed by atoms with Crippen LogP contribution in [0.1, 0.15) is 95.8 Å². The molecule has 0 saturated heterocycles. The Hall–Kier alpha value is -2.38. The largest absolute Gasteiger partial charge is 0.481 e. The Labute approximate surface area is 240 Å². The molecule has 222 valence electrons. The predicted molar refractivity (Wildman–Crippen MR) is 158 cm³/mol. The summed E-state index contributed by atoms with van der Waals surface area (Å²) in [5.74, 6) is -0.0751. The first-order valence-corrected chi connectivity index (χ1v) is 15.2. The Morgan fingerprint density at radius 2 is 1.70 bits per heavy atom. The molecule has 1 aromatic rings. The number of anilines is 1. The lowest BCUT2D eigenvalue weighted by Gasteiger charge is -2.63. The van der Waals surface area contributed by atoms with Crippen LogP contribution in [0.2, 0.25) is 0 Å². The highest BCUT2D eigenvalue weighted by Crippen LogP contribution is 2.72. The number of benzene rings is 1. The fourth-order valence-corrected chi connectivity index (χ4v) is 9.12. The first-order valence-electron chi connectivity index (χ1n) is 15.2. The van der Waals surface area contributed by atoms with Gasteiger partial charge in [0.2, 0.25) is 0 Å². The molecule has 5 rings (SSSR count). The smallest absolute Gasteiger partial charge is 0.338 e. The average molecular weight is 555 g/mol. The molecule has 2 bridgehead atoms. The van der Waals surface area contributed by atoms with Crippen molar-refractivity contribution in [2.75, 3.05) is 32.0 Å². The first-order chi connectivity index (χ1) is 18.8. The van der Waals surface area contributed by atoms with Crippen LogP contribution in [0, 0.1) is 28.1 Å². The van der Waals surface area contributed by atoms with Gasteiger partial charge < -0.3 is 25.6 Å². The van der Waals surface area contributed by atoms with E-state index in [0.29, 0.717) is 23.8 Å². The quantitative estimate of drug-likeness (QED) is 0.218. The SMILES string of the molecule is C=C1C[C@@]23CC[C@H]4[C@@](C)(CCC[C@@]4(C)C(=O)O)[C@@H]2CC[C@]1(O)C3.CCN(CC)CCOC(=O)c1ccc(N)cc1. The molecule has 0 unspecified atom stereocenters. The van der Waals surface area contributed by atoms with Gasteiger partial charge in [-0.1, -0.05) is 33.8 Å². The van der Waals surface area contributed by atoms with Gasteiger partial charge >= 0.3 is 11.9 Å². The molecule has 0 heterocycles. The lowest BCUT2D eigenvalue weighted by molar-refractivity contribution is -0.186. The number of rotatable bonds is 7. The van der Waals surface area contributed by atoms with Gasteiger partial charge in [-0.25, -0.2) is 4.79 Å². The zero-order valence-corrected chi connectivity index (χ0v) is 25.0. The van der Waals surface area contributed by atoms with Gasteiger partial charge in [-0.3, -0.25) is 4.79 Å². The lowest BCUT2D eigenvalue weighted by Crippen LogP contribution is -2.59. The predicted octanol–water partition coefficient (Wildman–Crippen LogP) is 5.92. The number of esters is 1. The molecule has 40 heavy (non-hydrogen) atoms. The minimum Gasteiger partial charge on any atom is -0.481 e. The van der Waals surface area contributed by atoms with Crippen molar-refractivity contribution in [3.8, 4) is 0 Å². The Bertz CT molecular complexity index is 1100. The molecule has 0 aromatic heterocycles. The van der Waals surface area contributed by atoms with Gasteiger partial charge in [0, 0.05) is 12.2 Å². The van der Waals surface area contributed by atoms with Crippen molar-refractivity contribution in [2.24, 2.45) is 28.1 Å². The second-order valence-electron chi connectivity index (χ2n) is 13.4. The molecule has 0 amide bonds. The Balaban J connectivity index is 0.000000195. The van der Waals surface area contributed by atoms with Crippen LogP contribution in [0.5, 0.6) is 0 Å². The summed E-state index contributed by atoms with van der Waals surface area (Å²) >= 11 is 0. The number of nitrogens with two attached hydrogens (primary N) is 1. The van der Waals surface area contributed by atoms with Crippen molar-refractivity contribution in [2.45, 2.75) is 91.1 Å². The fraction of sp³-hybridized carbons (Fsp3) is 0.697. The van der Waals surface area contributed by atoms with E-state index >= 15 is 0 Å². The van der Waals surface area contributed by atoms with Crippen molar-refractivity contribution in [1.82, 2.24) is 4.90 Å². The van der Waals surface area contributed by atoms with E-state index in [9.17, 15) is 19.8 Å². The summed E-state index contributed by atoms with van der Waals surface area (Å²) in [6.45, 7) is 15.9. The normalized spacial score (nSPS) is 36.2. The van der Waals surface area contributed by atoms with Gasteiger partial charge in [-0.2, -0.15) is 0 Å². The lowest BCUT2D eigenvalue weighted by atomic mass is 9.41. The van der Waals surface area contributed by atoms with Crippen LogP contribution in [-0.2, 0) is 9.53 Å². The Morgan fingerprint density at radius 3 is 2.33 bits per heavy atom. The number of carbonyl (C=O) groups is 2. The molecule has 0 radical (unpaired) electrons. The third kappa shape index (κ3) is 5.44. The van der Waals surface area contributed by atoms with Crippen LogP contribution in [-0.4, -0.2) is 58.9 Å². The highest BCUT2D eigenvalue weighted by molar-refractivity contribution is 5.89. The van der Waals surface area contributed by atoms with Gasteiger partial charge in [0.15, 0.2) is 0 Å². The van der Waals surface area contributed by atoms with E-state index in [4.69, 9.17) is 10.5 Å². The van der Waals surface area contributed by atoms with Crippen LogP contribution in [0.3, 0.4) is 0 Å². The van der Waals surface area contributed by atoms with E-state index in [1.807, 2.05) is 6.92 Å². The van der Waals surface area contributed by atoms with Crippen LogP contribution >= 0.6 is 0 Å². The van der Waals surface area contributed by atoms with E-state index in [0.717, 1.165) is 83.0 Å². The summed E-state index contributed by atoms with van der Waals surface area (Å²) in [5.41, 5.74) is 6.86. The number of fused-ring (bicyclic) bond motifs is 3. The van der Waals surface area contributed by atoms with E-state index in [-0.39, 0.29) is 22.7 Å². The minimum atomic E-state index is -0.634. The summed E-state index contributed by atoms with van der Waals surface area (Å²) in [6, 6.07) is 6.74. The third-order valence-electron chi connectivity index (χ3n) is 11.3. The summed E-state index contributed by atoms with van der Waals surface area (Å²) in [7, 11) is 0. The van der Waals surface area contributed by atoms with Crippen LogP contribution in [0.4, 0.5) is 5.69 Å². The molecular formula is C33H50N2O5. The second-order valence-corrected chi connectivity index (χ2v) is 13.4. The summed E-state index contributed by atoms with van der Waals surface area (Å²) < 4.78 is 5.18. The number of carboxylic acids is 1. The van der Waals surface area contributed by atoms with Gasteiger partial charge in [0.25, 0.3) is 0 Å². The van der Waals surface area contributed by atoms with Crippen LogP contribution in [0.15, 0.2) is 36.4 Å². The van der Waals surface area contributed by atoms with Crippen molar-refractivity contribution < 1.29 is 24.5 Å². The molecule has 7 heteroatoms. The van der Waals surface area contributed by atoms with Gasteiger partial charge in [0.05, 0.1) is 16.6 Å². The second kappa shape index (κ2) is 11.5. The molecule has 4 aliphatic rings. The topological polar surface area (TPSA) is 113 Å². The molecule has 6 atom stereocenters. The summed E-state index contributed by atoms with van der Waals surface area (Å²) in [6.07, 6.45) is 8.75. The number of nitrogen functional groups attached to an aromatic ring is 1. The molecule has 4 N–H and O–H groups in total. The highest BCUT2D eigenvalue weighted by atomic mass is 16.5. The van der Waals surface area contributed by atoms with Crippen molar-refractivity contribution >= 4 is 17.6 Å². The molecule has 1 aromatic carbocycles.